The molecule has 1 aromatic heterocycles. The number of benzene rings is 2. The van der Waals surface area contributed by atoms with Gasteiger partial charge in [-0.2, -0.15) is 0 Å². The van der Waals surface area contributed by atoms with Crippen molar-refractivity contribution in [3.05, 3.63) is 70.7 Å². The number of rotatable bonds is 5. The number of nitrogens with one attached hydrogen (secondary N) is 1. The Morgan fingerprint density at radius 2 is 1.77 bits per heavy atom. The Hall–Kier alpha value is -3.72. The van der Waals surface area contributed by atoms with Crippen molar-refractivity contribution in [3.8, 4) is 11.1 Å². The molecule has 5 rings (SSSR count). The number of thiazole rings is 1. The lowest BCUT2D eigenvalue weighted by Gasteiger charge is -2.22. The molecule has 2 aromatic carbocycles. The highest BCUT2D eigenvalue weighted by molar-refractivity contribution is 7.17. The fourth-order valence-corrected chi connectivity index (χ4v) is 5.66. The molecule has 2 aliphatic rings. The van der Waals surface area contributed by atoms with E-state index >= 15 is 0 Å². The summed E-state index contributed by atoms with van der Waals surface area (Å²) in [5.74, 6) is -1.43. The summed E-state index contributed by atoms with van der Waals surface area (Å²) in [4.78, 5) is 43.0. The number of carboxylic acids is 1. The van der Waals surface area contributed by atoms with Crippen LogP contribution in [-0.2, 0) is 9.53 Å². The molecule has 9 heteroatoms. The van der Waals surface area contributed by atoms with E-state index in [0.717, 1.165) is 33.6 Å². The maximum absolute atomic E-state index is 12.9. The molecule has 1 aliphatic carbocycles. The zero-order valence-electron chi connectivity index (χ0n) is 19.4. The average molecular weight is 492 g/mol. The van der Waals surface area contributed by atoms with Gasteiger partial charge in [0.1, 0.15) is 11.5 Å². The third kappa shape index (κ3) is 4.05. The van der Waals surface area contributed by atoms with Gasteiger partial charge in [0.2, 0.25) is 0 Å². The standard InChI is InChI=1S/C26H25N3O5S/c1-15-12-29(14-26(15,2)23(31)32)22(30)21-11-27-24(35-21)28-25(33)34-13-20-18-9-5-3-7-16(18)17-8-4-6-10-19(17)20/h3-11,15,20H,12-14H2,1-2H3,(H,31,32)(H,27,28,33)/t15-,26-/m0/s1. The quantitative estimate of drug-likeness (QED) is 0.536. The van der Waals surface area contributed by atoms with Gasteiger partial charge >= 0.3 is 12.1 Å². The number of nitrogens with zero attached hydrogens (tertiary/aromatic N) is 2. The molecule has 2 atom stereocenters. The third-order valence-electron chi connectivity index (χ3n) is 7.15. The molecular formula is C26H25N3O5S. The molecule has 180 valence electrons. The SMILES string of the molecule is C[C@H]1CN(C(=O)c2cnc(NC(=O)OCC3c4ccccc4-c4ccccc43)s2)C[C@]1(C)C(=O)O. The third-order valence-corrected chi connectivity index (χ3v) is 8.05. The van der Waals surface area contributed by atoms with E-state index in [1.165, 1.54) is 11.1 Å². The van der Waals surface area contributed by atoms with Gasteiger partial charge in [-0.3, -0.25) is 14.9 Å². The van der Waals surface area contributed by atoms with Crippen molar-refractivity contribution >= 4 is 34.4 Å². The number of aliphatic carboxylic acids is 1. The predicted molar refractivity (Wildman–Crippen MR) is 132 cm³/mol. The molecule has 2 amide bonds. The fraction of sp³-hybridized carbons (Fsp3) is 0.308. The molecule has 0 spiro atoms. The van der Waals surface area contributed by atoms with Gasteiger partial charge < -0.3 is 14.7 Å². The molecule has 1 aliphatic heterocycles. The normalized spacial score (nSPS) is 20.9. The maximum Gasteiger partial charge on any atom is 0.413 e. The molecule has 8 nitrogen and oxygen atoms in total. The molecule has 0 saturated carbocycles. The highest BCUT2D eigenvalue weighted by Crippen LogP contribution is 2.44. The predicted octanol–water partition coefficient (Wildman–Crippen LogP) is 4.69. The van der Waals surface area contributed by atoms with E-state index in [2.05, 4.69) is 34.6 Å². The first-order valence-corrected chi connectivity index (χ1v) is 12.2. The lowest BCUT2D eigenvalue weighted by Crippen LogP contribution is -2.36. The van der Waals surface area contributed by atoms with Crippen molar-refractivity contribution in [2.75, 3.05) is 25.0 Å². The number of fused-ring (bicyclic) bond motifs is 3. The van der Waals surface area contributed by atoms with Crippen LogP contribution in [0, 0.1) is 11.3 Å². The summed E-state index contributed by atoms with van der Waals surface area (Å²) in [6.45, 7) is 4.16. The molecule has 35 heavy (non-hydrogen) atoms. The number of hydrogen-bond donors (Lipinski definition) is 2. The summed E-state index contributed by atoms with van der Waals surface area (Å²) in [7, 11) is 0. The fourth-order valence-electron chi connectivity index (χ4n) is 4.89. The second kappa shape index (κ2) is 8.81. The topological polar surface area (TPSA) is 109 Å². The van der Waals surface area contributed by atoms with E-state index in [9.17, 15) is 19.5 Å². The van der Waals surface area contributed by atoms with Gasteiger partial charge in [-0.25, -0.2) is 9.78 Å². The largest absolute Gasteiger partial charge is 0.481 e. The van der Waals surface area contributed by atoms with Crippen molar-refractivity contribution in [1.82, 2.24) is 9.88 Å². The van der Waals surface area contributed by atoms with E-state index in [-0.39, 0.29) is 36.0 Å². The van der Waals surface area contributed by atoms with Crippen molar-refractivity contribution < 1.29 is 24.2 Å². The Bertz CT molecular complexity index is 1280. The molecule has 2 N–H and O–H groups in total. The summed E-state index contributed by atoms with van der Waals surface area (Å²) >= 11 is 1.04. The van der Waals surface area contributed by atoms with Crippen LogP contribution in [0.3, 0.4) is 0 Å². The minimum atomic E-state index is -0.983. The first kappa shape index (κ1) is 23.0. The Balaban J connectivity index is 1.21. The maximum atomic E-state index is 12.9. The Labute approximate surface area is 206 Å². The first-order valence-electron chi connectivity index (χ1n) is 11.4. The number of ether oxygens (including phenoxy) is 1. The summed E-state index contributed by atoms with van der Waals surface area (Å²) < 4.78 is 5.54. The van der Waals surface area contributed by atoms with Crippen LogP contribution in [-0.4, -0.2) is 52.7 Å². The number of aromatic nitrogens is 1. The lowest BCUT2D eigenvalue weighted by atomic mass is 9.81. The highest BCUT2D eigenvalue weighted by atomic mass is 32.1. The van der Waals surface area contributed by atoms with Crippen molar-refractivity contribution in [1.29, 1.82) is 0 Å². The van der Waals surface area contributed by atoms with Crippen LogP contribution in [0.5, 0.6) is 0 Å². The number of anilines is 1. The molecular weight excluding hydrogens is 466 g/mol. The number of amides is 2. The Kier molecular flexibility index (Phi) is 5.80. The number of likely N-dealkylation sites (tertiary alicyclic amines) is 1. The van der Waals surface area contributed by atoms with Gasteiger partial charge in [-0.05, 0) is 35.1 Å². The van der Waals surface area contributed by atoms with Crippen molar-refractivity contribution in [2.45, 2.75) is 19.8 Å². The molecule has 0 bridgehead atoms. The van der Waals surface area contributed by atoms with Gasteiger partial charge in [-0.15, -0.1) is 0 Å². The molecule has 3 aromatic rings. The lowest BCUT2D eigenvalue weighted by molar-refractivity contribution is -0.148. The summed E-state index contributed by atoms with van der Waals surface area (Å²) in [6.07, 6.45) is 0.751. The second-order valence-corrected chi connectivity index (χ2v) is 10.3. The number of hydrogen-bond acceptors (Lipinski definition) is 6. The van der Waals surface area contributed by atoms with Gasteiger partial charge in [0.25, 0.3) is 5.91 Å². The smallest absolute Gasteiger partial charge is 0.413 e. The monoisotopic (exact) mass is 491 g/mol. The van der Waals surface area contributed by atoms with Gasteiger partial charge in [0.15, 0.2) is 5.13 Å². The summed E-state index contributed by atoms with van der Waals surface area (Å²) in [6, 6.07) is 16.2. The minimum Gasteiger partial charge on any atom is -0.481 e. The van der Waals surface area contributed by atoms with E-state index in [1.807, 2.05) is 31.2 Å². The van der Waals surface area contributed by atoms with E-state index < -0.39 is 17.5 Å². The second-order valence-electron chi connectivity index (χ2n) is 9.29. The minimum absolute atomic E-state index is 0.0534. The number of carboxylic acid groups (broad SMARTS) is 1. The van der Waals surface area contributed by atoms with Crippen LogP contribution in [0.15, 0.2) is 54.7 Å². The number of carbonyl (C=O) groups is 3. The van der Waals surface area contributed by atoms with Crippen molar-refractivity contribution in [3.63, 3.8) is 0 Å². The molecule has 1 fully saturated rings. The van der Waals surface area contributed by atoms with Gasteiger partial charge in [-0.1, -0.05) is 66.8 Å². The van der Waals surface area contributed by atoms with Crippen LogP contribution in [0.2, 0.25) is 0 Å². The van der Waals surface area contributed by atoms with Crippen LogP contribution in [0.25, 0.3) is 11.1 Å². The van der Waals surface area contributed by atoms with Gasteiger partial charge in [0.05, 0.1) is 11.6 Å². The Morgan fingerprint density at radius 3 is 2.37 bits per heavy atom. The average Bonchev–Trinajstić information content (AvgIpc) is 3.52. The van der Waals surface area contributed by atoms with Gasteiger partial charge in [0, 0.05) is 19.0 Å². The molecule has 1 saturated heterocycles. The van der Waals surface area contributed by atoms with Crippen LogP contribution in [0.4, 0.5) is 9.93 Å². The van der Waals surface area contributed by atoms with E-state index in [4.69, 9.17) is 4.74 Å². The first-order chi connectivity index (χ1) is 16.8. The summed E-state index contributed by atoms with van der Waals surface area (Å²) in [5, 5.41) is 12.4. The zero-order chi connectivity index (χ0) is 24.7. The van der Waals surface area contributed by atoms with Crippen LogP contribution < -0.4 is 5.32 Å². The van der Waals surface area contributed by atoms with Crippen molar-refractivity contribution in [2.24, 2.45) is 11.3 Å². The summed E-state index contributed by atoms with van der Waals surface area (Å²) in [5.41, 5.74) is 3.56. The van der Waals surface area contributed by atoms with Crippen LogP contribution >= 0.6 is 11.3 Å². The Morgan fingerprint density at radius 1 is 1.14 bits per heavy atom. The van der Waals surface area contributed by atoms with E-state index in [0.29, 0.717) is 11.4 Å². The molecule has 0 radical (unpaired) electrons. The van der Waals surface area contributed by atoms with Crippen LogP contribution in [0.1, 0.15) is 40.6 Å². The number of carbonyl (C=O) groups excluding carboxylic acids is 2. The molecule has 2 heterocycles. The molecule has 0 unspecified atom stereocenters. The van der Waals surface area contributed by atoms with E-state index in [1.54, 1.807) is 6.92 Å². The highest BCUT2D eigenvalue weighted by Gasteiger charge is 2.48. The zero-order valence-corrected chi connectivity index (χ0v) is 20.2.